The lowest BCUT2D eigenvalue weighted by Crippen LogP contribution is -2.45. The lowest BCUT2D eigenvalue weighted by molar-refractivity contribution is -0.143. The molecule has 88 heavy (non-hydrogen) atoms. The van der Waals surface area contributed by atoms with Crippen LogP contribution in [-0.4, -0.2) is 47.4 Å². The highest BCUT2D eigenvalue weighted by Crippen LogP contribution is 2.20. The standard InChI is InChI=1S/C82H157NO5/c1-3-5-7-9-11-13-15-17-19-43-48-52-56-60-64-68-72-76-82(87)88-77-73-69-65-61-57-53-49-45-42-40-38-36-34-32-30-28-26-24-22-20-21-23-25-27-29-31-33-35-37-39-41-44-47-51-55-59-63-67-71-75-81(86)83-79(78-84)80(85)74-70-66-62-58-54-50-46-18-16-14-12-10-8-6-4-2/h11,13,17,19-21,79-80,84-85H,3-10,12,14-16,18,22-78H2,1-2H3,(H,83,86)/b13-11-,19-17-,21-20-. The van der Waals surface area contributed by atoms with E-state index in [9.17, 15) is 19.8 Å². The molecule has 0 aliphatic rings. The Labute approximate surface area is 551 Å². The summed E-state index contributed by atoms with van der Waals surface area (Å²) in [6.07, 6.45) is 101. The topological polar surface area (TPSA) is 95.9 Å². The largest absolute Gasteiger partial charge is 0.466 e. The van der Waals surface area contributed by atoms with E-state index in [2.05, 4.69) is 55.6 Å². The maximum absolute atomic E-state index is 12.5. The van der Waals surface area contributed by atoms with Crippen molar-refractivity contribution in [2.24, 2.45) is 0 Å². The number of ether oxygens (including phenoxy) is 1. The number of rotatable bonds is 76. The predicted molar refractivity (Wildman–Crippen MR) is 389 cm³/mol. The molecule has 0 spiro atoms. The number of amides is 1. The molecule has 0 aromatic carbocycles. The predicted octanol–water partition coefficient (Wildman–Crippen LogP) is 26.6. The van der Waals surface area contributed by atoms with Gasteiger partial charge in [-0.25, -0.2) is 0 Å². The van der Waals surface area contributed by atoms with Crippen LogP contribution in [0.1, 0.15) is 450 Å². The molecule has 2 atom stereocenters. The Balaban J connectivity index is 3.31. The number of unbranched alkanes of at least 4 members (excludes halogenated alkanes) is 59. The average molecular weight is 1240 g/mol. The minimum absolute atomic E-state index is 0.0153. The number of carbonyl (C=O) groups excluding carboxylic acids is 2. The van der Waals surface area contributed by atoms with Crippen molar-refractivity contribution in [3.05, 3.63) is 36.5 Å². The molecule has 0 radical (unpaired) electrons. The molecule has 0 saturated heterocycles. The third kappa shape index (κ3) is 73.1. The van der Waals surface area contributed by atoms with Crippen molar-refractivity contribution < 1.29 is 24.5 Å². The van der Waals surface area contributed by atoms with Gasteiger partial charge in [-0.05, 0) is 83.5 Å². The normalized spacial score (nSPS) is 12.6. The zero-order valence-corrected chi connectivity index (χ0v) is 59.7. The van der Waals surface area contributed by atoms with Gasteiger partial charge in [0.2, 0.25) is 5.91 Å². The Kier molecular flexibility index (Phi) is 75.8. The van der Waals surface area contributed by atoms with Crippen molar-refractivity contribution in [3.8, 4) is 0 Å². The Bertz CT molecular complexity index is 1430. The summed E-state index contributed by atoms with van der Waals surface area (Å²) in [6, 6.07) is -0.538. The van der Waals surface area contributed by atoms with Crippen molar-refractivity contribution in [2.45, 2.75) is 463 Å². The molecule has 0 aromatic rings. The van der Waals surface area contributed by atoms with Crippen LogP contribution in [0.3, 0.4) is 0 Å². The number of carbonyl (C=O) groups is 2. The maximum atomic E-state index is 12.5. The van der Waals surface area contributed by atoms with Crippen molar-refractivity contribution in [1.29, 1.82) is 0 Å². The van der Waals surface area contributed by atoms with Crippen molar-refractivity contribution in [1.82, 2.24) is 5.32 Å². The number of aliphatic hydroxyl groups excluding tert-OH is 2. The molecule has 6 nitrogen and oxygen atoms in total. The van der Waals surface area contributed by atoms with Crippen LogP contribution in [0.5, 0.6) is 0 Å². The van der Waals surface area contributed by atoms with E-state index in [-0.39, 0.29) is 18.5 Å². The van der Waals surface area contributed by atoms with Gasteiger partial charge in [-0.15, -0.1) is 0 Å². The van der Waals surface area contributed by atoms with E-state index in [0.717, 1.165) is 51.4 Å². The number of esters is 1. The van der Waals surface area contributed by atoms with Gasteiger partial charge < -0.3 is 20.3 Å². The van der Waals surface area contributed by atoms with Crippen molar-refractivity contribution in [3.63, 3.8) is 0 Å². The van der Waals surface area contributed by atoms with Gasteiger partial charge in [-0.1, -0.05) is 391 Å². The fourth-order valence-electron chi connectivity index (χ4n) is 12.8. The molecule has 0 aromatic heterocycles. The Morgan fingerprint density at radius 3 is 0.898 bits per heavy atom. The van der Waals surface area contributed by atoms with Crippen LogP contribution >= 0.6 is 0 Å². The second-order valence-corrected chi connectivity index (χ2v) is 27.7. The Hall–Kier alpha value is -1.92. The molecule has 0 heterocycles. The van der Waals surface area contributed by atoms with Crippen LogP contribution in [0.2, 0.25) is 0 Å². The second kappa shape index (κ2) is 77.5. The smallest absolute Gasteiger partial charge is 0.305 e. The quantitative estimate of drug-likeness (QED) is 0.0320. The van der Waals surface area contributed by atoms with Crippen LogP contribution < -0.4 is 5.32 Å². The van der Waals surface area contributed by atoms with Crippen molar-refractivity contribution >= 4 is 11.9 Å². The zero-order chi connectivity index (χ0) is 63.5. The molecule has 0 fully saturated rings. The van der Waals surface area contributed by atoms with Crippen LogP contribution in [0, 0.1) is 0 Å². The molecule has 3 N–H and O–H groups in total. The molecule has 0 aliphatic carbocycles. The molecule has 520 valence electrons. The summed E-state index contributed by atoms with van der Waals surface area (Å²) in [4.78, 5) is 24.6. The highest BCUT2D eigenvalue weighted by atomic mass is 16.5. The van der Waals surface area contributed by atoms with E-state index in [1.165, 1.54) is 366 Å². The van der Waals surface area contributed by atoms with Gasteiger partial charge in [0.05, 0.1) is 25.4 Å². The molecule has 0 aliphatic heterocycles. The Morgan fingerprint density at radius 1 is 0.318 bits per heavy atom. The minimum Gasteiger partial charge on any atom is -0.466 e. The number of hydrogen-bond donors (Lipinski definition) is 3. The van der Waals surface area contributed by atoms with Gasteiger partial charge >= 0.3 is 5.97 Å². The first-order chi connectivity index (χ1) is 43.5. The van der Waals surface area contributed by atoms with Crippen LogP contribution in [0.25, 0.3) is 0 Å². The highest BCUT2D eigenvalue weighted by Gasteiger charge is 2.20. The summed E-state index contributed by atoms with van der Waals surface area (Å²) in [6.45, 7) is 4.97. The van der Waals surface area contributed by atoms with Gasteiger partial charge in [0, 0.05) is 12.8 Å². The highest BCUT2D eigenvalue weighted by molar-refractivity contribution is 5.76. The van der Waals surface area contributed by atoms with Gasteiger partial charge in [0.1, 0.15) is 0 Å². The van der Waals surface area contributed by atoms with Crippen LogP contribution in [0.15, 0.2) is 36.5 Å². The fraction of sp³-hybridized carbons (Fsp3) is 0.902. The van der Waals surface area contributed by atoms with E-state index in [0.29, 0.717) is 25.9 Å². The molecular weight excluding hydrogens is 1080 g/mol. The summed E-state index contributed by atoms with van der Waals surface area (Å²) < 4.78 is 5.51. The third-order valence-corrected chi connectivity index (χ3v) is 18.9. The van der Waals surface area contributed by atoms with Gasteiger partial charge in [-0.3, -0.25) is 9.59 Å². The molecule has 0 bridgehead atoms. The number of allylic oxidation sites excluding steroid dienone is 6. The summed E-state index contributed by atoms with van der Waals surface area (Å²) >= 11 is 0. The van der Waals surface area contributed by atoms with E-state index in [1.807, 2.05) is 0 Å². The van der Waals surface area contributed by atoms with Crippen molar-refractivity contribution in [2.75, 3.05) is 13.2 Å². The summed E-state index contributed by atoms with van der Waals surface area (Å²) in [5, 5.41) is 23.4. The van der Waals surface area contributed by atoms with E-state index in [4.69, 9.17) is 4.74 Å². The van der Waals surface area contributed by atoms with Gasteiger partial charge in [0.25, 0.3) is 0 Å². The summed E-state index contributed by atoms with van der Waals surface area (Å²) in [7, 11) is 0. The maximum Gasteiger partial charge on any atom is 0.305 e. The first-order valence-corrected chi connectivity index (χ1v) is 40.2. The van der Waals surface area contributed by atoms with Crippen LogP contribution in [0.4, 0.5) is 0 Å². The molecule has 0 saturated carbocycles. The van der Waals surface area contributed by atoms with Gasteiger partial charge in [0.15, 0.2) is 0 Å². The molecule has 1 amide bonds. The zero-order valence-electron chi connectivity index (χ0n) is 59.7. The first-order valence-electron chi connectivity index (χ1n) is 40.2. The van der Waals surface area contributed by atoms with Gasteiger partial charge in [-0.2, -0.15) is 0 Å². The number of nitrogens with one attached hydrogen (secondary N) is 1. The molecular formula is C82H157NO5. The number of hydrogen-bond acceptors (Lipinski definition) is 5. The van der Waals surface area contributed by atoms with E-state index >= 15 is 0 Å². The molecule has 2 unspecified atom stereocenters. The number of aliphatic hydroxyl groups is 2. The lowest BCUT2D eigenvalue weighted by Gasteiger charge is -2.22. The Morgan fingerprint density at radius 2 is 0.568 bits per heavy atom. The minimum atomic E-state index is -0.661. The average Bonchev–Trinajstić information content (AvgIpc) is 3.59. The summed E-state index contributed by atoms with van der Waals surface area (Å²) in [5.74, 6) is -0.0120. The first kappa shape index (κ1) is 86.1. The third-order valence-electron chi connectivity index (χ3n) is 18.9. The lowest BCUT2D eigenvalue weighted by atomic mass is 10.0. The van der Waals surface area contributed by atoms with E-state index < -0.39 is 12.1 Å². The monoisotopic (exact) mass is 1240 g/mol. The summed E-state index contributed by atoms with van der Waals surface area (Å²) in [5.41, 5.74) is 0. The molecule has 0 rings (SSSR count). The SMILES string of the molecule is CCCCC/C=C\C/C=C\CCCCCCCCCC(=O)OCCCCCCCCCCCCCCCCCCCC/C=C\CCCCCCCCCCCCCCCCCCCC(=O)NC(CO)C(O)CCCCCCCCCCCCCCCCC. The van der Waals surface area contributed by atoms with Crippen LogP contribution in [-0.2, 0) is 14.3 Å². The second-order valence-electron chi connectivity index (χ2n) is 27.7. The fourth-order valence-corrected chi connectivity index (χ4v) is 12.8. The molecule has 6 heteroatoms. The van der Waals surface area contributed by atoms with E-state index in [1.54, 1.807) is 0 Å².